The fourth-order valence-electron chi connectivity index (χ4n) is 2.28. The number of nitrogens with one attached hydrogen (secondary N) is 2. The molecule has 0 saturated heterocycles. The Hall–Kier alpha value is -1.30. The largest absolute Gasteiger partial charge is 0.489 e. The van der Waals surface area contributed by atoms with Crippen LogP contribution in [0, 0.1) is 0 Å². The van der Waals surface area contributed by atoms with Crippen molar-refractivity contribution in [2.24, 2.45) is 0 Å². The Morgan fingerprint density at radius 3 is 2.40 bits per heavy atom. The first kappa shape index (κ1) is 20.0. The van der Waals surface area contributed by atoms with Crippen LogP contribution in [0.2, 0.25) is 10.0 Å². The number of halogens is 2. The molecule has 1 atom stereocenters. The maximum Gasteiger partial charge on any atom is 0.124 e. The molecule has 0 amide bonds. The monoisotopic (exact) mass is 382 g/mol. The van der Waals surface area contributed by atoms with E-state index in [1.54, 1.807) is 6.92 Å². The minimum atomic E-state index is -0.333. The van der Waals surface area contributed by atoms with E-state index in [4.69, 9.17) is 27.9 Å². The summed E-state index contributed by atoms with van der Waals surface area (Å²) in [6.07, 6.45) is -0.333. The molecular weight excluding hydrogens is 359 g/mol. The van der Waals surface area contributed by atoms with Crippen LogP contribution in [0.15, 0.2) is 42.5 Å². The standard InChI is InChI=1S/C19H24Cl2N2O2/c1-14(24)11-22-8-9-23-12-16-10-18(21)6-7-19(16)25-13-15-2-4-17(20)5-3-15/h2-7,10,14,22-24H,8-9,11-13H2,1H3/t14-/m0/s1. The molecule has 2 aromatic carbocycles. The molecule has 3 N–H and O–H groups in total. The van der Waals surface area contributed by atoms with Gasteiger partial charge in [0.15, 0.2) is 0 Å². The molecule has 0 aliphatic rings. The van der Waals surface area contributed by atoms with Crippen LogP contribution in [0.3, 0.4) is 0 Å². The zero-order chi connectivity index (χ0) is 18.1. The quantitative estimate of drug-likeness (QED) is 0.549. The van der Waals surface area contributed by atoms with Crippen LogP contribution >= 0.6 is 23.2 Å². The second kappa shape index (κ2) is 10.6. The van der Waals surface area contributed by atoms with Crippen molar-refractivity contribution in [3.8, 4) is 5.75 Å². The van der Waals surface area contributed by atoms with Crippen molar-refractivity contribution < 1.29 is 9.84 Å². The van der Waals surface area contributed by atoms with Crippen LogP contribution in [0.25, 0.3) is 0 Å². The summed E-state index contributed by atoms with van der Waals surface area (Å²) >= 11 is 12.0. The Labute approximate surface area is 159 Å². The van der Waals surface area contributed by atoms with Gasteiger partial charge >= 0.3 is 0 Å². The first-order valence-corrected chi connectivity index (χ1v) is 9.05. The summed E-state index contributed by atoms with van der Waals surface area (Å²) < 4.78 is 5.94. The Morgan fingerprint density at radius 1 is 1.00 bits per heavy atom. The molecule has 6 heteroatoms. The van der Waals surface area contributed by atoms with Crippen LogP contribution in [-0.2, 0) is 13.2 Å². The van der Waals surface area contributed by atoms with Crippen molar-refractivity contribution in [1.29, 1.82) is 0 Å². The number of hydrogen-bond donors (Lipinski definition) is 3. The number of aliphatic hydroxyl groups excluding tert-OH is 1. The third-order valence-electron chi connectivity index (χ3n) is 3.56. The van der Waals surface area contributed by atoms with Gasteiger partial charge in [0.25, 0.3) is 0 Å². The highest BCUT2D eigenvalue weighted by Crippen LogP contribution is 2.24. The van der Waals surface area contributed by atoms with Crippen LogP contribution in [-0.4, -0.2) is 30.8 Å². The molecule has 0 heterocycles. The number of benzene rings is 2. The van der Waals surface area contributed by atoms with Gasteiger partial charge in [0, 0.05) is 41.8 Å². The van der Waals surface area contributed by atoms with Crippen molar-refractivity contribution in [3.05, 3.63) is 63.6 Å². The summed E-state index contributed by atoms with van der Waals surface area (Å²) in [6.45, 7) is 5.06. The van der Waals surface area contributed by atoms with Crippen LogP contribution < -0.4 is 15.4 Å². The maximum absolute atomic E-state index is 9.20. The highest BCUT2D eigenvalue weighted by molar-refractivity contribution is 6.30. The summed E-state index contributed by atoms with van der Waals surface area (Å²) in [4.78, 5) is 0. The average Bonchev–Trinajstić information content (AvgIpc) is 2.58. The van der Waals surface area contributed by atoms with Gasteiger partial charge in [0.05, 0.1) is 6.10 Å². The summed E-state index contributed by atoms with van der Waals surface area (Å²) in [5.74, 6) is 0.809. The highest BCUT2D eigenvalue weighted by Gasteiger charge is 2.06. The SMILES string of the molecule is C[C@H](O)CNCCNCc1cc(Cl)ccc1OCc1ccc(Cl)cc1. The third kappa shape index (κ3) is 7.63. The second-order valence-corrected chi connectivity index (χ2v) is 6.77. The maximum atomic E-state index is 9.20. The van der Waals surface area contributed by atoms with E-state index in [1.807, 2.05) is 42.5 Å². The number of rotatable bonds is 10. The predicted octanol–water partition coefficient (Wildman–Crippen LogP) is 3.63. The molecule has 0 radical (unpaired) electrons. The lowest BCUT2D eigenvalue weighted by molar-refractivity contribution is 0.191. The van der Waals surface area contributed by atoms with Gasteiger partial charge in [0.2, 0.25) is 0 Å². The fraction of sp³-hybridized carbons (Fsp3) is 0.368. The van der Waals surface area contributed by atoms with E-state index < -0.39 is 0 Å². The zero-order valence-electron chi connectivity index (χ0n) is 14.3. The molecule has 0 aromatic heterocycles. The van der Waals surface area contributed by atoms with E-state index in [1.165, 1.54) is 0 Å². The van der Waals surface area contributed by atoms with E-state index in [0.29, 0.717) is 29.7 Å². The Bertz CT molecular complexity index is 648. The van der Waals surface area contributed by atoms with Crippen molar-refractivity contribution in [3.63, 3.8) is 0 Å². The Balaban J connectivity index is 1.85. The molecule has 4 nitrogen and oxygen atoms in total. The minimum Gasteiger partial charge on any atom is -0.489 e. The smallest absolute Gasteiger partial charge is 0.124 e. The average molecular weight is 383 g/mol. The van der Waals surface area contributed by atoms with Gasteiger partial charge in [-0.2, -0.15) is 0 Å². The van der Waals surface area contributed by atoms with Gasteiger partial charge in [-0.15, -0.1) is 0 Å². The Morgan fingerprint density at radius 2 is 1.68 bits per heavy atom. The third-order valence-corrected chi connectivity index (χ3v) is 4.05. The number of ether oxygens (including phenoxy) is 1. The van der Waals surface area contributed by atoms with E-state index >= 15 is 0 Å². The van der Waals surface area contributed by atoms with E-state index in [2.05, 4.69) is 10.6 Å². The molecule has 0 bridgehead atoms. The normalized spacial score (nSPS) is 12.2. The zero-order valence-corrected chi connectivity index (χ0v) is 15.8. The van der Waals surface area contributed by atoms with Gasteiger partial charge in [0.1, 0.15) is 12.4 Å². The molecular formula is C19H24Cl2N2O2. The number of hydrogen-bond acceptors (Lipinski definition) is 4. The lowest BCUT2D eigenvalue weighted by atomic mass is 10.2. The molecule has 0 spiro atoms. The molecule has 2 aromatic rings. The van der Waals surface area contributed by atoms with Gasteiger partial charge in [-0.3, -0.25) is 0 Å². The van der Waals surface area contributed by atoms with Gasteiger partial charge in [-0.1, -0.05) is 35.3 Å². The molecule has 0 fully saturated rings. The lowest BCUT2D eigenvalue weighted by Gasteiger charge is -2.13. The summed E-state index contributed by atoms with van der Waals surface area (Å²) in [5, 5.41) is 17.1. The molecule has 0 saturated carbocycles. The van der Waals surface area contributed by atoms with Crippen LogP contribution in [0.1, 0.15) is 18.1 Å². The topological polar surface area (TPSA) is 53.5 Å². The van der Waals surface area contributed by atoms with Crippen LogP contribution in [0.5, 0.6) is 5.75 Å². The minimum absolute atomic E-state index is 0.333. The van der Waals surface area contributed by atoms with Crippen LogP contribution in [0.4, 0.5) is 0 Å². The second-order valence-electron chi connectivity index (χ2n) is 5.90. The first-order chi connectivity index (χ1) is 12.0. The van der Waals surface area contributed by atoms with Gasteiger partial charge in [-0.25, -0.2) is 0 Å². The van der Waals surface area contributed by atoms with E-state index in [-0.39, 0.29) is 6.10 Å². The van der Waals surface area contributed by atoms with E-state index in [0.717, 1.165) is 30.0 Å². The predicted molar refractivity (Wildman–Crippen MR) is 103 cm³/mol. The molecule has 0 aliphatic heterocycles. The number of aliphatic hydroxyl groups is 1. The van der Waals surface area contributed by atoms with Crippen molar-refractivity contribution in [2.45, 2.75) is 26.2 Å². The molecule has 136 valence electrons. The fourth-order valence-corrected chi connectivity index (χ4v) is 2.60. The molecule has 0 aliphatic carbocycles. The Kier molecular flexibility index (Phi) is 8.52. The van der Waals surface area contributed by atoms with E-state index in [9.17, 15) is 5.11 Å². The summed E-state index contributed by atoms with van der Waals surface area (Å²) in [7, 11) is 0. The summed E-state index contributed by atoms with van der Waals surface area (Å²) in [5.41, 5.74) is 2.07. The molecule has 2 rings (SSSR count). The van der Waals surface area contributed by atoms with Gasteiger partial charge < -0.3 is 20.5 Å². The van der Waals surface area contributed by atoms with Crippen molar-refractivity contribution in [1.82, 2.24) is 10.6 Å². The summed E-state index contributed by atoms with van der Waals surface area (Å²) in [6, 6.07) is 13.2. The van der Waals surface area contributed by atoms with Crippen molar-refractivity contribution >= 4 is 23.2 Å². The van der Waals surface area contributed by atoms with Crippen molar-refractivity contribution in [2.75, 3.05) is 19.6 Å². The molecule has 25 heavy (non-hydrogen) atoms. The van der Waals surface area contributed by atoms with Gasteiger partial charge in [-0.05, 0) is 42.8 Å². The highest BCUT2D eigenvalue weighted by atomic mass is 35.5. The lowest BCUT2D eigenvalue weighted by Crippen LogP contribution is -2.31. The molecule has 0 unspecified atom stereocenters. The first-order valence-electron chi connectivity index (χ1n) is 8.30.